The van der Waals surface area contributed by atoms with Gasteiger partial charge in [0.15, 0.2) is 0 Å². The molecular weight excluding hydrogens is 733 g/mol. The average Bonchev–Trinajstić information content (AvgIpc) is 3.56. The Morgan fingerprint density at radius 2 is 1.60 bits per heavy atom. The molecule has 9 nitrogen and oxygen atoms in total. The van der Waals surface area contributed by atoms with E-state index >= 15 is 0 Å². The number of fused-ring (bicyclic) bond motifs is 1. The molecule has 4 aromatic rings. The largest absolute Gasteiger partial charge is 0.460 e. The van der Waals surface area contributed by atoms with E-state index in [1.807, 2.05) is 13.8 Å². The maximum Gasteiger partial charge on any atom is 0.460 e. The molecule has 1 aliphatic carbocycles. The van der Waals surface area contributed by atoms with Gasteiger partial charge in [0.05, 0.1) is 17.0 Å². The van der Waals surface area contributed by atoms with E-state index in [0.29, 0.717) is 53.1 Å². The molecule has 0 saturated heterocycles. The van der Waals surface area contributed by atoms with Crippen molar-refractivity contribution >= 4 is 36.8 Å². The third-order valence-electron chi connectivity index (χ3n) is 7.82. The Hall–Kier alpha value is -3.94. The van der Waals surface area contributed by atoms with E-state index in [-0.39, 0.29) is 34.4 Å². The van der Waals surface area contributed by atoms with E-state index in [1.54, 1.807) is 6.07 Å². The third kappa shape index (κ3) is 6.87. The van der Waals surface area contributed by atoms with Gasteiger partial charge in [-0.05, 0) is 73.4 Å². The maximum absolute atomic E-state index is 14.2. The summed E-state index contributed by atoms with van der Waals surface area (Å²) in [4.78, 5) is 7.15. The maximum atomic E-state index is 14.2. The Morgan fingerprint density at radius 3 is 2.14 bits per heavy atom. The number of hydrogen-bond acceptors (Lipinski definition) is 7. The van der Waals surface area contributed by atoms with E-state index in [2.05, 4.69) is 18.9 Å². The topological polar surface area (TPSA) is 131 Å². The lowest BCUT2D eigenvalue weighted by atomic mass is 10.0. The van der Waals surface area contributed by atoms with Gasteiger partial charge in [0.25, 0.3) is 0 Å². The van der Waals surface area contributed by atoms with Crippen molar-refractivity contribution in [1.29, 1.82) is 0 Å². The van der Waals surface area contributed by atoms with Gasteiger partial charge in [-0.1, -0.05) is 13.8 Å². The van der Waals surface area contributed by atoms with Crippen LogP contribution in [0.5, 0.6) is 5.75 Å². The van der Waals surface area contributed by atoms with Crippen molar-refractivity contribution in [2.75, 3.05) is 10.5 Å². The van der Waals surface area contributed by atoms with Crippen LogP contribution in [0.4, 0.5) is 45.2 Å². The average molecular weight is 762 g/mol. The Labute approximate surface area is 279 Å². The van der Waals surface area contributed by atoms with Crippen molar-refractivity contribution in [3.63, 3.8) is 0 Å². The number of nitrogens with one attached hydrogen (secondary N) is 2. The van der Waals surface area contributed by atoms with Crippen LogP contribution in [0, 0.1) is 5.92 Å². The van der Waals surface area contributed by atoms with Gasteiger partial charge in [-0.25, -0.2) is 13.4 Å². The van der Waals surface area contributed by atoms with Crippen LogP contribution < -0.4 is 8.91 Å². The van der Waals surface area contributed by atoms with Gasteiger partial charge in [-0.15, -0.1) is 0 Å². The smallest absolute Gasteiger partial charge is 0.455 e. The second kappa shape index (κ2) is 12.7. The van der Waals surface area contributed by atoms with Crippen LogP contribution in [0.25, 0.3) is 33.7 Å². The Morgan fingerprint density at radius 1 is 0.960 bits per heavy atom. The lowest BCUT2D eigenvalue weighted by Crippen LogP contribution is -2.63. The Bertz CT molecular complexity index is 2080. The highest BCUT2D eigenvalue weighted by Crippen LogP contribution is 2.55. The summed E-state index contributed by atoms with van der Waals surface area (Å²) in [6.07, 6.45) is -1.62. The molecule has 50 heavy (non-hydrogen) atoms. The predicted octanol–water partition coefficient (Wildman–Crippen LogP) is 8.68. The zero-order chi connectivity index (χ0) is 37.1. The van der Waals surface area contributed by atoms with Crippen molar-refractivity contribution < 1.29 is 64.9 Å². The number of imidazole rings is 1. The molecule has 2 aromatic heterocycles. The first-order chi connectivity index (χ1) is 23.0. The van der Waals surface area contributed by atoms with E-state index in [4.69, 9.17) is 4.42 Å². The summed E-state index contributed by atoms with van der Waals surface area (Å²) < 4.78 is 182. The number of aromatic amines is 1. The fraction of sp³-hybridized carbons (Fsp3) is 0.433. The Kier molecular flexibility index (Phi) is 9.46. The second-order valence-corrected chi connectivity index (χ2v) is 15.6. The summed E-state index contributed by atoms with van der Waals surface area (Å²) in [6.45, 7) is 3.94. The monoisotopic (exact) mass is 761 g/mol. The minimum Gasteiger partial charge on any atom is -0.455 e. The van der Waals surface area contributed by atoms with Gasteiger partial charge in [-0.3, -0.25) is 4.72 Å². The second-order valence-electron chi connectivity index (χ2n) is 12.1. The van der Waals surface area contributed by atoms with Gasteiger partial charge < -0.3 is 13.6 Å². The molecule has 2 heterocycles. The molecule has 0 unspecified atom stereocenters. The van der Waals surface area contributed by atoms with Crippen LogP contribution in [0.3, 0.4) is 0 Å². The molecule has 1 fully saturated rings. The first-order valence-corrected chi connectivity index (χ1v) is 17.9. The number of benzene rings is 2. The van der Waals surface area contributed by atoms with Crippen LogP contribution >= 0.6 is 0 Å². The molecule has 5 rings (SSSR count). The number of rotatable bonds is 14. The number of alkyl halides is 9. The number of nitrogens with zero attached hydrogens (tertiary/aromatic N) is 1. The minimum atomic E-state index is -7.45. The number of hydrogen-bond donors (Lipinski definition) is 2. The van der Waals surface area contributed by atoms with Crippen molar-refractivity contribution in [1.82, 2.24) is 9.97 Å². The highest BCUT2D eigenvalue weighted by Gasteiger charge is 2.86. The molecule has 1 saturated carbocycles. The number of furan rings is 1. The molecule has 1 aliphatic rings. The molecule has 0 atom stereocenters. The molecule has 0 radical (unpaired) electrons. The highest BCUT2D eigenvalue weighted by molar-refractivity contribution is 7.92. The molecule has 0 amide bonds. The van der Waals surface area contributed by atoms with Crippen molar-refractivity contribution in [3.8, 4) is 28.5 Å². The molecular formula is C30H28F9N3O6S2. The molecule has 2 aromatic carbocycles. The van der Waals surface area contributed by atoms with E-state index in [1.165, 1.54) is 18.5 Å². The molecule has 0 bridgehead atoms. The van der Waals surface area contributed by atoms with Crippen molar-refractivity contribution in [3.05, 3.63) is 54.4 Å². The van der Waals surface area contributed by atoms with E-state index in [9.17, 15) is 56.3 Å². The molecule has 20 heteroatoms. The van der Waals surface area contributed by atoms with Gasteiger partial charge >= 0.3 is 33.4 Å². The van der Waals surface area contributed by atoms with Crippen LogP contribution in [-0.4, -0.2) is 55.8 Å². The summed E-state index contributed by atoms with van der Waals surface area (Å²) >= 11 is 0. The van der Waals surface area contributed by atoms with Crippen molar-refractivity contribution in [2.45, 2.75) is 68.7 Å². The van der Waals surface area contributed by atoms with Crippen LogP contribution in [0.1, 0.15) is 51.0 Å². The predicted molar refractivity (Wildman–Crippen MR) is 163 cm³/mol. The number of anilines is 1. The quantitative estimate of drug-likeness (QED) is 0.0971. The van der Waals surface area contributed by atoms with Crippen LogP contribution in [-0.2, 0) is 20.1 Å². The van der Waals surface area contributed by atoms with Gasteiger partial charge in [0, 0.05) is 29.4 Å². The van der Waals surface area contributed by atoms with Crippen LogP contribution in [0.15, 0.2) is 53.2 Å². The third-order valence-corrected chi connectivity index (χ3v) is 10.5. The lowest BCUT2D eigenvalue weighted by Gasteiger charge is -2.32. The summed E-state index contributed by atoms with van der Waals surface area (Å²) in [5.41, 5.74) is 1.57. The number of halogens is 9. The summed E-state index contributed by atoms with van der Waals surface area (Å²) in [5.74, 6) is -15.5. The molecule has 0 spiro atoms. The van der Waals surface area contributed by atoms with Gasteiger partial charge in [0.2, 0.25) is 10.0 Å². The molecule has 2 N–H and O–H groups in total. The van der Waals surface area contributed by atoms with Gasteiger partial charge in [-0.2, -0.15) is 47.9 Å². The normalized spacial score (nSPS) is 15.2. The summed E-state index contributed by atoms with van der Waals surface area (Å²) in [6, 6.07) is 6.53. The number of aromatic nitrogens is 2. The fourth-order valence-electron chi connectivity index (χ4n) is 5.08. The van der Waals surface area contributed by atoms with E-state index < -0.39 is 49.2 Å². The first kappa shape index (κ1) is 37.3. The zero-order valence-electron chi connectivity index (χ0n) is 25.9. The summed E-state index contributed by atoms with van der Waals surface area (Å²) in [5, 5.41) is -6.56. The van der Waals surface area contributed by atoms with Gasteiger partial charge in [0.1, 0.15) is 22.9 Å². The molecule has 0 aliphatic heterocycles. The lowest BCUT2D eigenvalue weighted by molar-refractivity contribution is -0.382. The number of H-pyrrole nitrogens is 1. The SMILES string of the molecule is CC(C)CCCS(=O)(=O)Nc1cc2oc(-c3ccc(OS(=O)(=O)C(F)(F)C(F)(F)C(F)(F)C(F)(F)F)cc3)c(-c3ncc[nH]3)c2cc1C1CC1. The Balaban J connectivity index is 1.51. The minimum absolute atomic E-state index is 0.0322. The van der Waals surface area contributed by atoms with E-state index in [0.717, 1.165) is 25.0 Å². The summed E-state index contributed by atoms with van der Waals surface area (Å²) in [7, 11) is -10.9. The number of sulfonamides is 1. The fourth-order valence-corrected chi connectivity index (χ4v) is 7.15. The zero-order valence-corrected chi connectivity index (χ0v) is 27.6. The van der Waals surface area contributed by atoms with Crippen LogP contribution in [0.2, 0.25) is 0 Å². The standard InChI is InChI=1S/C30H28F9N3O6S2/c1-16(2)4-3-13-49(43,44)42-22-15-23-21(14-20(22)17-5-6-17)24(26-40-11-12-41-26)25(47-23)18-7-9-19(10-8-18)48-50(45,46)30(38,39)28(33,34)27(31,32)29(35,36)37/h7-12,14-17,42H,3-6,13H2,1-2H3,(H,40,41). The molecule has 274 valence electrons. The van der Waals surface area contributed by atoms with Crippen molar-refractivity contribution in [2.24, 2.45) is 5.92 Å². The highest BCUT2D eigenvalue weighted by atomic mass is 32.2. The first-order valence-electron chi connectivity index (χ1n) is 14.8.